The fraction of sp³-hybridized carbons (Fsp3) is 0.167. The molecule has 0 aromatic heterocycles. The molecule has 14 heavy (non-hydrogen) atoms. The minimum atomic E-state index is 0.906. The molecule has 72 valence electrons. The Bertz CT molecular complexity index is 418. The lowest BCUT2D eigenvalue weighted by Crippen LogP contribution is -2.53. The SMILES string of the molecule is [NH3+]CCNc1cccc2ccccc12. The molecule has 0 spiro atoms. The molecule has 0 aliphatic rings. The van der Waals surface area contributed by atoms with Crippen LogP contribution in [-0.4, -0.2) is 13.1 Å². The highest BCUT2D eigenvalue weighted by molar-refractivity contribution is 5.93. The first kappa shape index (κ1) is 9.03. The van der Waals surface area contributed by atoms with Crippen molar-refractivity contribution in [2.75, 3.05) is 18.4 Å². The molecule has 4 N–H and O–H groups in total. The lowest BCUT2D eigenvalue weighted by Gasteiger charge is -2.07. The zero-order valence-corrected chi connectivity index (χ0v) is 8.16. The predicted molar refractivity (Wildman–Crippen MR) is 60.2 cm³/mol. The van der Waals surface area contributed by atoms with Crippen LogP contribution >= 0.6 is 0 Å². The van der Waals surface area contributed by atoms with Gasteiger partial charge in [0.2, 0.25) is 0 Å². The molecule has 0 saturated heterocycles. The summed E-state index contributed by atoms with van der Waals surface area (Å²) in [5, 5.41) is 5.94. The second-order valence-electron chi connectivity index (χ2n) is 3.31. The monoisotopic (exact) mass is 187 g/mol. The Morgan fingerprint density at radius 3 is 2.64 bits per heavy atom. The summed E-state index contributed by atoms with van der Waals surface area (Å²) >= 11 is 0. The maximum absolute atomic E-state index is 3.82. The van der Waals surface area contributed by atoms with Crippen molar-refractivity contribution in [1.29, 1.82) is 0 Å². The minimum absolute atomic E-state index is 0.906. The Labute approximate surface area is 83.7 Å². The molecule has 0 aliphatic heterocycles. The standard InChI is InChI=1S/C12H14N2/c13-8-9-14-12-7-3-5-10-4-1-2-6-11(10)12/h1-7,14H,8-9,13H2/p+1. The molecule has 2 heteroatoms. The van der Waals surface area contributed by atoms with Crippen LogP contribution in [0.1, 0.15) is 0 Å². The number of hydrogen-bond acceptors (Lipinski definition) is 1. The van der Waals surface area contributed by atoms with Gasteiger partial charge in [0, 0.05) is 11.1 Å². The molecular formula is C12H15N2+. The van der Waals surface area contributed by atoms with E-state index in [1.54, 1.807) is 0 Å². The lowest BCUT2D eigenvalue weighted by molar-refractivity contribution is -0.362. The minimum Gasteiger partial charge on any atom is -0.379 e. The third-order valence-electron chi connectivity index (χ3n) is 2.28. The fourth-order valence-corrected chi connectivity index (χ4v) is 1.60. The molecule has 0 atom stereocenters. The first-order valence-electron chi connectivity index (χ1n) is 4.92. The smallest absolute Gasteiger partial charge is 0.0915 e. The van der Waals surface area contributed by atoms with Crippen molar-refractivity contribution in [3.8, 4) is 0 Å². The molecule has 2 aromatic carbocycles. The van der Waals surface area contributed by atoms with E-state index in [9.17, 15) is 0 Å². The van der Waals surface area contributed by atoms with Gasteiger partial charge in [0.1, 0.15) is 0 Å². The molecule has 0 bridgehead atoms. The van der Waals surface area contributed by atoms with Crippen LogP contribution in [0.5, 0.6) is 0 Å². The summed E-state index contributed by atoms with van der Waals surface area (Å²) in [7, 11) is 0. The van der Waals surface area contributed by atoms with Crippen LogP contribution in [0.15, 0.2) is 42.5 Å². The van der Waals surface area contributed by atoms with E-state index in [-0.39, 0.29) is 0 Å². The van der Waals surface area contributed by atoms with Gasteiger partial charge < -0.3 is 11.1 Å². The van der Waals surface area contributed by atoms with Gasteiger partial charge in [-0.15, -0.1) is 0 Å². The number of anilines is 1. The van der Waals surface area contributed by atoms with Gasteiger partial charge in [-0.25, -0.2) is 0 Å². The second kappa shape index (κ2) is 4.11. The Balaban J connectivity index is 2.43. The fourth-order valence-electron chi connectivity index (χ4n) is 1.60. The summed E-state index contributed by atoms with van der Waals surface area (Å²) in [5.41, 5.74) is 5.02. The van der Waals surface area contributed by atoms with Gasteiger partial charge in [-0.05, 0) is 11.5 Å². The van der Waals surface area contributed by atoms with E-state index in [1.165, 1.54) is 16.5 Å². The van der Waals surface area contributed by atoms with E-state index >= 15 is 0 Å². The summed E-state index contributed by atoms with van der Waals surface area (Å²) in [6.07, 6.45) is 0. The average molecular weight is 187 g/mol. The van der Waals surface area contributed by atoms with Gasteiger partial charge in [0.15, 0.2) is 0 Å². The highest BCUT2D eigenvalue weighted by Gasteiger charge is 1.97. The summed E-state index contributed by atoms with van der Waals surface area (Å²) in [6, 6.07) is 14.7. The molecule has 0 saturated carbocycles. The summed E-state index contributed by atoms with van der Waals surface area (Å²) in [6.45, 7) is 1.83. The van der Waals surface area contributed by atoms with Gasteiger partial charge in [-0.1, -0.05) is 36.4 Å². The van der Waals surface area contributed by atoms with Crippen LogP contribution in [0.25, 0.3) is 10.8 Å². The highest BCUT2D eigenvalue weighted by Crippen LogP contribution is 2.22. The molecular weight excluding hydrogens is 172 g/mol. The quantitative estimate of drug-likeness (QED) is 0.751. The summed E-state index contributed by atoms with van der Waals surface area (Å²) in [4.78, 5) is 0. The van der Waals surface area contributed by atoms with Crippen molar-refractivity contribution < 1.29 is 5.73 Å². The molecule has 0 heterocycles. The van der Waals surface area contributed by atoms with Crippen molar-refractivity contribution in [2.45, 2.75) is 0 Å². The van der Waals surface area contributed by atoms with E-state index < -0.39 is 0 Å². The Hall–Kier alpha value is -1.54. The van der Waals surface area contributed by atoms with Crippen LogP contribution in [0.3, 0.4) is 0 Å². The lowest BCUT2D eigenvalue weighted by atomic mass is 10.1. The van der Waals surface area contributed by atoms with Crippen LogP contribution in [-0.2, 0) is 0 Å². The van der Waals surface area contributed by atoms with Crippen LogP contribution in [0.2, 0.25) is 0 Å². The van der Waals surface area contributed by atoms with Gasteiger partial charge in [-0.2, -0.15) is 0 Å². The molecule has 0 unspecified atom stereocenters. The first-order valence-corrected chi connectivity index (χ1v) is 4.92. The van der Waals surface area contributed by atoms with Gasteiger partial charge in [0.05, 0.1) is 13.1 Å². The Kier molecular flexibility index (Phi) is 2.65. The topological polar surface area (TPSA) is 39.7 Å². The van der Waals surface area contributed by atoms with Crippen LogP contribution in [0.4, 0.5) is 5.69 Å². The van der Waals surface area contributed by atoms with E-state index in [2.05, 4.69) is 53.5 Å². The van der Waals surface area contributed by atoms with E-state index in [0.717, 1.165) is 13.1 Å². The Morgan fingerprint density at radius 2 is 1.79 bits per heavy atom. The molecule has 2 nitrogen and oxygen atoms in total. The van der Waals surface area contributed by atoms with Crippen molar-refractivity contribution in [3.05, 3.63) is 42.5 Å². The second-order valence-corrected chi connectivity index (χ2v) is 3.31. The van der Waals surface area contributed by atoms with Crippen LogP contribution in [0, 0.1) is 0 Å². The summed E-state index contributed by atoms with van der Waals surface area (Å²) < 4.78 is 0. The van der Waals surface area contributed by atoms with Crippen molar-refractivity contribution >= 4 is 16.5 Å². The number of fused-ring (bicyclic) bond motifs is 1. The van der Waals surface area contributed by atoms with E-state index in [1.807, 2.05) is 0 Å². The zero-order chi connectivity index (χ0) is 9.80. The third-order valence-corrected chi connectivity index (χ3v) is 2.28. The number of benzene rings is 2. The number of quaternary nitrogens is 1. The normalized spacial score (nSPS) is 10.4. The Morgan fingerprint density at radius 1 is 1.00 bits per heavy atom. The van der Waals surface area contributed by atoms with Crippen molar-refractivity contribution in [3.63, 3.8) is 0 Å². The number of nitrogens with one attached hydrogen (secondary N) is 1. The molecule has 0 radical (unpaired) electrons. The number of rotatable bonds is 3. The molecule has 0 aliphatic carbocycles. The van der Waals surface area contributed by atoms with Crippen molar-refractivity contribution in [2.24, 2.45) is 0 Å². The van der Waals surface area contributed by atoms with Gasteiger partial charge >= 0.3 is 0 Å². The van der Waals surface area contributed by atoms with E-state index in [4.69, 9.17) is 0 Å². The van der Waals surface area contributed by atoms with Gasteiger partial charge in [-0.3, -0.25) is 0 Å². The first-order chi connectivity index (χ1) is 6.92. The molecule has 0 amide bonds. The van der Waals surface area contributed by atoms with Crippen LogP contribution < -0.4 is 11.1 Å². The predicted octanol–water partition coefficient (Wildman–Crippen LogP) is 1.49. The third kappa shape index (κ3) is 1.70. The van der Waals surface area contributed by atoms with Crippen molar-refractivity contribution in [1.82, 2.24) is 0 Å². The molecule has 2 rings (SSSR count). The zero-order valence-electron chi connectivity index (χ0n) is 8.16. The number of hydrogen-bond donors (Lipinski definition) is 2. The highest BCUT2D eigenvalue weighted by atomic mass is 14.9. The molecule has 2 aromatic rings. The maximum Gasteiger partial charge on any atom is 0.0915 e. The molecule has 0 fully saturated rings. The van der Waals surface area contributed by atoms with E-state index in [0.29, 0.717) is 0 Å². The largest absolute Gasteiger partial charge is 0.379 e. The van der Waals surface area contributed by atoms with Gasteiger partial charge in [0.25, 0.3) is 0 Å². The summed E-state index contributed by atoms with van der Waals surface area (Å²) in [5.74, 6) is 0. The maximum atomic E-state index is 3.82. The average Bonchev–Trinajstić information content (AvgIpc) is 2.26.